The molecule has 1 heterocycles. The molecule has 1 aromatic carbocycles. The summed E-state index contributed by atoms with van der Waals surface area (Å²) >= 11 is 6.11. The summed E-state index contributed by atoms with van der Waals surface area (Å²) in [5, 5.41) is 3.73. The van der Waals surface area contributed by atoms with Crippen LogP contribution in [-0.4, -0.2) is 44.0 Å². The molecule has 3 rings (SSSR count). The maximum atomic E-state index is 12.2. The molecule has 21 heavy (non-hydrogen) atoms. The number of piperazine rings is 1. The molecule has 2 aliphatic rings. The monoisotopic (exact) mass is 307 g/mol. The van der Waals surface area contributed by atoms with E-state index >= 15 is 0 Å². The van der Waals surface area contributed by atoms with Crippen LogP contribution in [-0.2, 0) is 4.79 Å². The maximum Gasteiger partial charge on any atom is 0.227 e. The van der Waals surface area contributed by atoms with Gasteiger partial charge in [0.2, 0.25) is 5.91 Å². The summed E-state index contributed by atoms with van der Waals surface area (Å²) in [6, 6.07) is 5.77. The van der Waals surface area contributed by atoms with Gasteiger partial charge in [0.25, 0.3) is 0 Å². The highest BCUT2D eigenvalue weighted by Crippen LogP contribution is 2.39. The van der Waals surface area contributed by atoms with Gasteiger partial charge in [-0.05, 0) is 37.6 Å². The smallest absolute Gasteiger partial charge is 0.227 e. The minimum atomic E-state index is 0.125. The summed E-state index contributed by atoms with van der Waals surface area (Å²) in [5.41, 5.74) is 1.92. The third-order valence-electron chi connectivity index (χ3n) is 4.51. The normalized spacial score (nSPS) is 25.8. The summed E-state index contributed by atoms with van der Waals surface area (Å²) in [6.45, 7) is 6.14. The zero-order chi connectivity index (χ0) is 15.0. The molecule has 114 valence electrons. The lowest BCUT2D eigenvalue weighted by Gasteiger charge is -2.35. The van der Waals surface area contributed by atoms with Crippen molar-refractivity contribution in [3.8, 4) is 0 Å². The first kappa shape index (κ1) is 14.7. The number of hydrogen-bond donors (Lipinski definition) is 1. The number of rotatable bonds is 3. The van der Waals surface area contributed by atoms with Gasteiger partial charge in [-0.3, -0.25) is 4.79 Å². The fourth-order valence-electron chi connectivity index (χ4n) is 2.84. The van der Waals surface area contributed by atoms with Gasteiger partial charge in [0.05, 0.1) is 11.4 Å². The molecule has 0 spiro atoms. The van der Waals surface area contributed by atoms with Crippen molar-refractivity contribution in [2.75, 3.05) is 43.4 Å². The Balaban J connectivity index is 1.78. The van der Waals surface area contributed by atoms with Crippen molar-refractivity contribution < 1.29 is 4.79 Å². The van der Waals surface area contributed by atoms with Crippen LogP contribution in [0.5, 0.6) is 0 Å². The Morgan fingerprint density at radius 1 is 1.29 bits per heavy atom. The van der Waals surface area contributed by atoms with E-state index in [1.165, 1.54) is 0 Å². The molecule has 1 aliphatic heterocycles. The average molecular weight is 308 g/mol. The number of nitrogens with zero attached hydrogens (tertiary/aromatic N) is 2. The van der Waals surface area contributed by atoms with E-state index in [1.807, 2.05) is 18.2 Å². The van der Waals surface area contributed by atoms with Gasteiger partial charge in [-0.1, -0.05) is 18.5 Å². The van der Waals surface area contributed by atoms with E-state index in [0.717, 1.165) is 44.0 Å². The van der Waals surface area contributed by atoms with E-state index in [4.69, 9.17) is 11.6 Å². The Bertz CT molecular complexity index is 540. The molecule has 2 fully saturated rings. The summed E-state index contributed by atoms with van der Waals surface area (Å²) in [7, 11) is 2.14. The van der Waals surface area contributed by atoms with Crippen molar-refractivity contribution in [3.05, 3.63) is 23.2 Å². The first-order valence-corrected chi connectivity index (χ1v) is 7.96. The number of carbonyl (C=O) groups excluding carboxylic acids is 1. The molecule has 1 saturated carbocycles. The van der Waals surface area contributed by atoms with Gasteiger partial charge in [0, 0.05) is 37.1 Å². The van der Waals surface area contributed by atoms with Crippen molar-refractivity contribution in [1.29, 1.82) is 0 Å². The molecule has 0 aromatic heterocycles. The van der Waals surface area contributed by atoms with Gasteiger partial charge >= 0.3 is 0 Å². The predicted octanol–water partition coefficient (Wildman–Crippen LogP) is 2.69. The Morgan fingerprint density at radius 2 is 1.95 bits per heavy atom. The van der Waals surface area contributed by atoms with Crippen LogP contribution in [0.1, 0.15) is 13.3 Å². The summed E-state index contributed by atoms with van der Waals surface area (Å²) in [5.74, 6) is 0.806. The largest absolute Gasteiger partial charge is 0.367 e. The van der Waals surface area contributed by atoms with E-state index in [0.29, 0.717) is 10.9 Å². The van der Waals surface area contributed by atoms with Crippen molar-refractivity contribution in [2.24, 2.45) is 11.8 Å². The second-order valence-electron chi connectivity index (χ2n) is 6.26. The standard InChI is InChI=1S/C16H22ClN3O/c1-11-9-13(11)16(21)18-14-10-12(17)3-4-15(14)20-7-5-19(2)6-8-20/h3-4,10-11,13H,5-9H2,1-2H3,(H,18,21)/t11-,13-/m1/s1. The minimum Gasteiger partial charge on any atom is -0.367 e. The molecule has 4 nitrogen and oxygen atoms in total. The zero-order valence-electron chi connectivity index (χ0n) is 12.6. The van der Waals surface area contributed by atoms with Gasteiger partial charge in [0.15, 0.2) is 0 Å². The lowest BCUT2D eigenvalue weighted by Crippen LogP contribution is -2.44. The topological polar surface area (TPSA) is 35.6 Å². The van der Waals surface area contributed by atoms with Gasteiger partial charge in [-0.15, -0.1) is 0 Å². The lowest BCUT2D eigenvalue weighted by atomic mass is 10.2. The summed E-state index contributed by atoms with van der Waals surface area (Å²) < 4.78 is 0. The number of carbonyl (C=O) groups is 1. The quantitative estimate of drug-likeness (QED) is 0.932. The van der Waals surface area contributed by atoms with Crippen molar-refractivity contribution >= 4 is 28.9 Å². The number of hydrogen-bond acceptors (Lipinski definition) is 3. The number of nitrogens with one attached hydrogen (secondary N) is 1. The van der Waals surface area contributed by atoms with Crippen LogP contribution in [0.3, 0.4) is 0 Å². The van der Waals surface area contributed by atoms with Crippen LogP contribution in [0.4, 0.5) is 11.4 Å². The van der Waals surface area contributed by atoms with E-state index < -0.39 is 0 Å². The number of likely N-dealkylation sites (N-methyl/N-ethyl adjacent to an activating group) is 1. The Kier molecular flexibility index (Phi) is 4.09. The number of halogens is 1. The highest BCUT2D eigenvalue weighted by molar-refractivity contribution is 6.31. The molecule has 1 amide bonds. The predicted molar refractivity (Wildman–Crippen MR) is 87.1 cm³/mol. The molecule has 0 unspecified atom stereocenters. The van der Waals surface area contributed by atoms with Crippen LogP contribution in [0.2, 0.25) is 5.02 Å². The first-order valence-electron chi connectivity index (χ1n) is 7.58. The van der Waals surface area contributed by atoms with E-state index in [1.54, 1.807) is 0 Å². The average Bonchev–Trinajstić information content (AvgIpc) is 3.18. The van der Waals surface area contributed by atoms with Gasteiger partial charge in [-0.25, -0.2) is 0 Å². The maximum absolute atomic E-state index is 12.2. The SMILES string of the molecule is C[C@@H]1C[C@H]1C(=O)Nc1cc(Cl)ccc1N1CCN(C)CC1. The Hall–Kier alpha value is -1.26. The highest BCUT2D eigenvalue weighted by Gasteiger charge is 2.39. The van der Waals surface area contributed by atoms with Crippen LogP contribution >= 0.6 is 11.6 Å². The van der Waals surface area contributed by atoms with E-state index in [2.05, 4.69) is 29.1 Å². The fraction of sp³-hybridized carbons (Fsp3) is 0.562. The van der Waals surface area contributed by atoms with Crippen LogP contribution in [0.25, 0.3) is 0 Å². The van der Waals surface area contributed by atoms with Gasteiger partial charge in [-0.2, -0.15) is 0 Å². The molecule has 2 atom stereocenters. The molecule has 1 saturated heterocycles. The molecular weight excluding hydrogens is 286 g/mol. The fourth-order valence-corrected chi connectivity index (χ4v) is 3.02. The van der Waals surface area contributed by atoms with Crippen LogP contribution < -0.4 is 10.2 Å². The Morgan fingerprint density at radius 3 is 2.57 bits per heavy atom. The van der Waals surface area contributed by atoms with Crippen molar-refractivity contribution in [1.82, 2.24) is 4.90 Å². The summed E-state index contributed by atoms with van der Waals surface area (Å²) in [6.07, 6.45) is 0.996. The molecular formula is C16H22ClN3O. The van der Waals surface area contributed by atoms with Gasteiger partial charge < -0.3 is 15.1 Å². The second kappa shape index (κ2) is 5.85. The zero-order valence-corrected chi connectivity index (χ0v) is 13.4. The number of amides is 1. The summed E-state index contributed by atoms with van der Waals surface area (Å²) in [4.78, 5) is 16.8. The first-order chi connectivity index (χ1) is 10.0. The third kappa shape index (κ3) is 3.33. The van der Waals surface area contributed by atoms with Gasteiger partial charge in [0.1, 0.15) is 0 Å². The van der Waals surface area contributed by atoms with Crippen LogP contribution in [0.15, 0.2) is 18.2 Å². The number of benzene rings is 1. The number of anilines is 2. The molecule has 5 heteroatoms. The second-order valence-corrected chi connectivity index (χ2v) is 6.70. The lowest BCUT2D eigenvalue weighted by molar-refractivity contribution is -0.117. The Labute approximate surface area is 131 Å². The molecule has 1 aromatic rings. The molecule has 0 radical (unpaired) electrons. The molecule has 1 aliphatic carbocycles. The third-order valence-corrected chi connectivity index (χ3v) is 4.74. The van der Waals surface area contributed by atoms with Crippen molar-refractivity contribution in [2.45, 2.75) is 13.3 Å². The minimum absolute atomic E-state index is 0.125. The van der Waals surface area contributed by atoms with Crippen molar-refractivity contribution in [3.63, 3.8) is 0 Å². The highest BCUT2D eigenvalue weighted by atomic mass is 35.5. The molecule has 1 N–H and O–H groups in total. The van der Waals surface area contributed by atoms with Crippen LogP contribution in [0, 0.1) is 11.8 Å². The molecule has 0 bridgehead atoms. The van der Waals surface area contributed by atoms with E-state index in [9.17, 15) is 4.79 Å². The van der Waals surface area contributed by atoms with E-state index in [-0.39, 0.29) is 11.8 Å².